The molecule has 5 rings (SSSR count). The standard InChI is InChI=1S/C30H34N6O6S/c1-21(2)23-8-9-26(32-20-23)43(37,38)35-29-27(42-25-7-5-4-6-24(25)39-3)30(41-19-16-36-14-17-40-18-15-36)34-28(33-29)22-10-12-31-13-11-22/h4-13,20-21H,14-19H2,1-3H3,(H,33,34,35). The minimum absolute atomic E-state index is 0.0216. The molecule has 0 atom stereocenters. The van der Waals surface area contributed by atoms with Gasteiger partial charge in [-0.25, -0.2) is 9.97 Å². The molecule has 4 aromatic rings. The van der Waals surface area contributed by atoms with Crippen LogP contribution in [-0.2, 0) is 14.8 Å². The molecule has 0 amide bonds. The average molecular weight is 607 g/mol. The quantitative estimate of drug-likeness (QED) is 0.246. The Morgan fingerprint density at radius 3 is 2.42 bits per heavy atom. The summed E-state index contributed by atoms with van der Waals surface area (Å²) in [5.74, 6) is 1.08. The van der Waals surface area contributed by atoms with Gasteiger partial charge < -0.3 is 18.9 Å². The highest BCUT2D eigenvalue weighted by molar-refractivity contribution is 7.92. The highest BCUT2D eigenvalue weighted by Gasteiger charge is 2.26. The Hall–Kier alpha value is -4.33. The molecule has 3 aromatic heterocycles. The van der Waals surface area contributed by atoms with Crippen LogP contribution in [0.5, 0.6) is 23.1 Å². The molecule has 226 valence electrons. The fourth-order valence-corrected chi connectivity index (χ4v) is 5.24. The lowest BCUT2D eigenvalue weighted by molar-refractivity contribution is 0.0318. The van der Waals surface area contributed by atoms with Crippen molar-refractivity contribution in [2.45, 2.75) is 24.8 Å². The molecule has 13 heteroatoms. The van der Waals surface area contributed by atoms with Gasteiger partial charge in [0.25, 0.3) is 15.9 Å². The second kappa shape index (κ2) is 13.8. The summed E-state index contributed by atoms with van der Waals surface area (Å²) < 4.78 is 53.1. The molecule has 0 bridgehead atoms. The number of anilines is 1. The van der Waals surface area contributed by atoms with Gasteiger partial charge >= 0.3 is 0 Å². The zero-order valence-electron chi connectivity index (χ0n) is 24.3. The van der Waals surface area contributed by atoms with Crippen LogP contribution in [0.2, 0.25) is 0 Å². The zero-order chi connectivity index (χ0) is 30.2. The molecule has 1 aliphatic rings. The number of aromatic nitrogens is 4. The number of pyridine rings is 2. The van der Waals surface area contributed by atoms with Gasteiger partial charge in [-0.2, -0.15) is 13.4 Å². The molecular formula is C30H34N6O6S. The van der Waals surface area contributed by atoms with Crippen LogP contribution in [-0.4, -0.2) is 79.8 Å². The van der Waals surface area contributed by atoms with Crippen LogP contribution in [0.1, 0.15) is 25.3 Å². The Bertz CT molecular complexity index is 1610. The summed E-state index contributed by atoms with van der Waals surface area (Å²) >= 11 is 0. The maximum absolute atomic E-state index is 13.6. The van der Waals surface area contributed by atoms with E-state index in [1.165, 1.54) is 13.2 Å². The van der Waals surface area contributed by atoms with E-state index in [0.29, 0.717) is 36.8 Å². The van der Waals surface area contributed by atoms with Gasteiger partial charge in [-0.05, 0) is 41.8 Å². The third kappa shape index (κ3) is 7.55. The Balaban J connectivity index is 1.57. The second-order valence-electron chi connectivity index (χ2n) is 10.0. The molecule has 12 nitrogen and oxygen atoms in total. The van der Waals surface area contributed by atoms with Gasteiger partial charge in [-0.3, -0.25) is 14.6 Å². The highest BCUT2D eigenvalue weighted by atomic mass is 32.2. The fraction of sp³-hybridized carbons (Fsp3) is 0.333. The molecule has 0 spiro atoms. The van der Waals surface area contributed by atoms with E-state index in [1.807, 2.05) is 13.8 Å². The zero-order valence-corrected chi connectivity index (χ0v) is 25.1. The average Bonchev–Trinajstić information content (AvgIpc) is 3.03. The number of nitrogens with one attached hydrogen (secondary N) is 1. The van der Waals surface area contributed by atoms with Crippen LogP contribution in [0.25, 0.3) is 11.4 Å². The maximum Gasteiger partial charge on any atom is 0.280 e. The number of nitrogens with zero attached hydrogens (tertiary/aromatic N) is 5. The van der Waals surface area contributed by atoms with E-state index in [9.17, 15) is 8.42 Å². The van der Waals surface area contributed by atoms with Crippen LogP contribution in [0.4, 0.5) is 5.82 Å². The summed E-state index contributed by atoms with van der Waals surface area (Å²) in [4.78, 5) is 19.7. The largest absolute Gasteiger partial charge is 0.493 e. The topological polar surface area (TPSA) is 138 Å². The third-order valence-corrected chi connectivity index (χ3v) is 7.99. The third-order valence-electron chi connectivity index (χ3n) is 6.74. The van der Waals surface area contributed by atoms with Crippen molar-refractivity contribution in [3.8, 4) is 34.5 Å². The van der Waals surface area contributed by atoms with Gasteiger partial charge in [0.15, 0.2) is 28.2 Å². The van der Waals surface area contributed by atoms with Gasteiger partial charge in [-0.15, -0.1) is 0 Å². The molecule has 1 aromatic carbocycles. The SMILES string of the molecule is COc1ccccc1Oc1c(NS(=O)(=O)c2ccc(C(C)C)cn2)nc(-c2ccncc2)nc1OCCN1CCOCC1. The molecule has 43 heavy (non-hydrogen) atoms. The number of morpholine rings is 1. The van der Waals surface area contributed by atoms with E-state index < -0.39 is 10.0 Å². The predicted octanol–water partition coefficient (Wildman–Crippen LogP) is 4.37. The normalized spacial score (nSPS) is 14.0. The summed E-state index contributed by atoms with van der Waals surface area (Å²) in [6.07, 6.45) is 4.75. The van der Waals surface area contributed by atoms with Gasteiger partial charge in [0.05, 0.1) is 20.3 Å². The van der Waals surface area contributed by atoms with Crippen LogP contribution in [0.15, 0.2) is 72.1 Å². The molecule has 0 unspecified atom stereocenters. The Morgan fingerprint density at radius 2 is 1.74 bits per heavy atom. The summed E-state index contributed by atoms with van der Waals surface area (Å²) in [6, 6.07) is 13.6. The number of para-hydroxylation sites is 2. The fourth-order valence-electron chi connectivity index (χ4n) is 4.30. The molecule has 0 aliphatic carbocycles. The Morgan fingerprint density at radius 1 is 1.00 bits per heavy atom. The minimum atomic E-state index is -4.19. The lowest BCUT2D eigenvalue weighted by Crippen LogP contribution is -2.38. The second-order valence-corrected chi connectivity index (χ2v) is 11.6. The van der Waals surface area contributed by atoms with E-state index in [4.69, 9.17) is 18.9 Å². The molecule has 1 N–H and O–H groups in total. The number of benzene rings is 1. The van der Waals surface area contributed by atoms with Crippen LogP contribution in [0.3, 0.4) is 0 Å². The summed E-state index contributed by atoms with van der Waals surface area (Å²) in [5, 5.41) is -0.168. The van der Waals surface area contributed by atoms with Gasteiger partial charge in [0, 0.05) is 43.8 Å². The molecule has 0 radical (unpaired) electrons. The van der Waals surface area contributed by atoms with Crippen LogP contribution in [0, 0.1) is 0 Å². The van der Waals surface area contributed by atoms with E-state index in [1.54, 1.807) is 61.1 Å². The summed E-state index contributed by atoms with van der Waals surface area (Å²) in [7, 11) is -2.68. The Kier molecular flexibility index (Phi) is 9.65. The van der Waals surface area contributed by atoms with E-state index in [-0.39, 0.29) is 40.8 Å². The van der Waals surface area contributed by atoms with Gasteiger partial charge in [0.2, 0.25) is 5.75 Å². The van der Waals surface area contributed by atoms with Gasteiger partial charge in [0.1, 0.15) is 6.61 Å². The number of hydrogen-bond acceptors (Lipinski definition) is 11. The molecular weight excluding hydrogens is 572 g/mol. The monoisotopic (exact) mass is 606 g/mol. The minimum Gasteiger partial charge on any atom is -0.493 e. The molecule has 1 fully saturated rings. The van der Waals surface area contributed by atoms with Crippen molar-refractivity contribution >= 4 is 15.8 Å². The smallest absolute Gasteiger partial charge is 0.280 e. The van der Waals surface area contributed by atoms with Crippen molar-refractivity contribution in [3.63, 3.8) is 0 Å². The molecule has 1 aliphatic heterocycles. The number of rotatable bonds is 12. The first kappa shape index (κ1) is 30.1. The van der Waals surface area contributed by atoms with Crippen molar-refractivity contribution in [3.05, 3.63) is 72.7 Å². The number of methoxy groups -OCH3 is 1. The van der Waals surface area contributed by atoms with Crippen molar-refractivity contribution in [2.24, 2.45) is 0 Å². The van der Waals surface area contributed by atoms with E-state index >= 15 is 0 Å². The summed E-state index contributed by atoms with van der Waals surface area (Å²) in [5.41, 5.74) is 1.52. The first-order valence-corrected chi connectivity index (χ1v) is 15.4. The van der Waals surface area contributed by atoms with Crippen molar-refractivity contribution in [2.75, 3.05) is 51.3 Å². The predicted molar refractivity (Wildman–Crippen MR) is 160 cm³/mol. The number of hydrogen-bond donors (Lipinski definition) is 1. The maximum atomic E-state index is 13.6. The number of ether oxygens (including phenoxy) is 4. The van der Waals surface area contributed by atoms with Gasteiger partial charge in [-0.1, -0.05) is 32.0 Å². The highest BCUT2D eigenvalue weighted by Crippen LogP contribution is 2.41. The lowest BCUT2D eigenvalue weighted by atomic mass is 10.1. The van der Waals surface area contributed by atoms with E-state index in [0.717, 1.165) is 18.7 Å². The van der Waals surface area contributed by atoms with Crippen LogP contribution < -0.4 is 18.9 Å². The van der Waals surface area contributed by atoms with Crippen LogP contribution >= 0.6 is 0 Å². The van der Waals surface area contributed by atoms with Crippen molar-refractivity contribution in [1.29, 1.82) is 0 Å². The van der Waals surface area contributed by atoms with Crippen molar-refractivity contribution < 1.29 is 27.4 Å². The lowest BCUT2D eigenvalue weighted by Gasteiger charge is -2.26. The molecule has 4 heterocycles. The number of sulfonamides is 1. The molecule has 1 saturated heterocycles. The summed E-state index contributed by atoms with van der Waals surface area (Å²) in [6.45, 7) is 7.76. The Labute approximate surface area is 251 Å². The first-order valence-electron chi connectivity index (χ1n) is 13.9. The molecule has 0 saturated carbocycles. The van der Waals surface area contributed by atoms with Crippen molar-refractivity contribution in [1.82, 2.24) is 24.8 Å². The van der Waals surface area contributed by atoms with E-state index in [2.05, 4.69) is 29.6 Å². The first-order chi connectivity index (χ1) is 20.8.